The molecule has 0 aliphatic heterocycles. The molecule has 1 atom stereocenters. The lowest BCUT2D eigenvalue weighted by molar-refractivity contribution is -0.141. The van der Waals surface area contributed by atoms with Crippen molar-refractivity contribution in [3.63, 3.8) is 0 Å². The summed E-state index contributed by atoms with van der Waals surface area (Å²) < 4.78 is 0. The van der Waals surface area contributed by atoms with Crippen LogP contribution < -0.4 is 5.32 Å². The first-order chi connectivity index (χ1) is 13.0. The molecule has 0 spiro atoms. The van der Waals surface area contributed by atoms with Crippen molar-refractivity contribution in [1.29, 1.82) is 0 Å². The minimum atomic E-state index is -0.524. The lowest BCUT2D eigenvalue weighted by Gasteiger charge is -2.30. The molecule has 2 rings (SSSR count). The Bertz CT molecular complexity index is 778. The molecular formula is C21H24Cl2N2O2. The third-order valence-corrected chi connectivity index (χ3v) is 5.09. The van der Waals surface area contributed by atoms with Crippen LogP contribution in [0.5, 0.6) is 0 Å². The van der Waals surface area contributed by atoms with E-state index in [-0.39, 0.29) is 18.2 Å². The van der Waals surface area contributed by atoms with Crippen molar-refractivity contribution in [1.82, 2.24) is 10.2 Å². The van der Waals surface area contributed by atoms with Crippen LogP contribution in [0.1, 0.15) is 30.9 Å². The SMILES string of the molecule is CC[C@@H](C(=O)NC)N(Cc1ccc(Cl)cc1)C(=O)CCc1ccccc1Cl. The van der Waals surface area contributed by atoms with E-state index in [0.29, 0.717) is 29.4 Å². The zero-order valence-corrected chi connectivity index (χ0v) is 17.1. The Morgan fingerprint density at radius 3 is 2.33 bits per heavy atom. The van der Waals surface area contributed by atoms with Crippen LogP contribution in [0, 0.1) is 0 Å². The minimum absolute atomic E-state index is 0.0830. The van der Waals surface area contributed by atoms with Crippen LogP contribution in [-0.4, -0.2) is 29.8 Å². The van der Waals surface area contributed by atoms with E-state index in [9.17, 15) is 9.59 Å². The molecule has 0 saturated carbocycles. The van der Waals surface area contributed by atoms with Crippen LogP contribution in [0.2, 0.25) is 10.0 Å². The van der Waals surface area contributed by atoms with Gasteiger partial charge in [0.15, 0.2) is 0 Å². The average molecular weight is 407 g/mol. The Morgan fingerprint density at radius 1 is 1.07 bits per heavy atom. The molecule has 0 aliphatic rings. The fourth-order valence-corrected chi connectivity index (χ4v) is 3.32. The molecule has 27 heavy (non-hydrogen) atoms. The van der Waals surface area contributed by atoms with Crippen LogP contribution >= 0.6 is 23.2 Å². The highest BCUT2D eigenvalue weighted by Gasteiger charge is 2.27. The van der Waals surface area contributed by atoms with Gasteiger partial charge in [-0.3, -0.25) is 9.59 Å². The number of likely N-dealkylation sites (N-methyl/N-ethyl adjacent to an activating group) is 1. The number of nitrogens with one attached hydrogen (secondary N) is 1. The van der Waals surface area contributed by atoms with Gasteiger partial charge < -0.3 is 10.2 Å². The van der Waals surface area contributed by atoms with Gasteiger partial charge in [-0.2, -0.15) is 0 Å². The monoisotopic (exact) mass is 406 g/mol. The van der Waals surface area contributed by atoms with Gasteiger partial charge in [0.05, 0.1) is 0 Å². The summed E-state index contributed by atoms with van der Waals surface area (Å²) in [5.74, 6) is -0.252. The van der Waals surface area contributed by atoms with E-state index in [2.05, 4.69) is 5.32 Å². The van der Waals surface area contributed by atoms with E-state index in [0.717, 1.165) is 11.1 Å². The fraction of sp³-hybridized carbons (Fsp3) is 0.333. The third kappa shape index (κ3) is 5.98. The first-order valence-corrected chi connectivity index (χ1v) is 9.70. The maximum atomic E-state index is 13.0. The molecule has 2 aromatic rings. The first kappa shape index (κ1) is 21.3. The largest absolute Gasteiger partial charge is 0.357 e. The number of hydrogen-bond donors (Lipinski definition) is 1. The maximum Gasteiger partial charge on any atom is 0.242 e. The van der Waals surface area contributed by atoms with Crippen molar-refractivity contribution in [3.8, 4) is 0 Å². The van der Waals surface area contributed by atoms with Crippen LogP contribution in [0.4, 0.5) is 0 Å². The van der Waals surface area contributed by atoms with Crippen molar-refractivity contribution in [2.45, 2.75) is 38.8 Å². The summed E-state index contributed by atoms with van der Waals surface area (Å²) in [4.78, 5) is 26.9. The van der Waals surface area contributed by atoms with Gasteiger partial charge in [-0.1, -0.05) is 60.5 Å². The summed E-state index contributed by atoms with van der Waals surface area (Å²) in [5.41, 5.74) is 1.85. The molecule has 0 aliphatic carbocycles. The van der Waals surface area contributed by atoms with Crippen LogP contribution in [0.25, 0.3) is 0 Å². The molecule has 2 amide bonds. The van der Waals surface area contributed by atoms with Crippen LogP contribution in [0.15, 0.2) is 48.5 Å². The Kier molecular flexibility index (Phi) is 8.14. The van der Waals surface area contributed by atoms with E-state index >= 15 is 0 Å². The summed E-state index contributed by atoms with van der Waals surface area (Å²) >= 11 is 12.1. The van der Waals surface area contributed by atoms with Crippen molar-refractivity contribution in [3.05, 3.63) is 69.7 Å². The summed E-state index contributed by atoms with van der Waals surface area (Å²) in [6.07, 6.45) is 1.34. The van der Waals surface area contributed by atoms with Crippen molar-refractivity contribution in [2.75, 3.05) is 7.05 Å². The van der Waals surface area contributed by atoms with Gasteiger partial charge in [0.1, 0.15) is 6.04 Å². The molecule has 144 valence electrons. The van der Waals surface area contributed by atoms with E-state index in [4.69, 9.17) is 23.2 Å². The second kappa shape index (κ2) is 10.3. The van der Waals surface area contributed by atoms with Gasteiger partial charge in [0.2, 0.25) is 11.8 Å². The molecule has 6 heteroatoms. The molecular weight excluding hydrogens is 383 g/mol. The predicted octanol–water partition coefficient (Wildman–Crippen LogP) is 4.48. The number of rotatable bonds is 8. The highest BCUT2D eigenvalue weighted by Crippen LogP contribution is 2.19. The topological polar surface area (TPSA) is 49.4 Å². The lowest BCUT2D eigenvalue weighted by Crippen LogP contribution is -2.48. The molecule has 0 saturated heterocycles. The Morgan fingerprint density at radius 2 is 1.74 bits per heavy atom. The zero-order chi connectivity index (χ0) is 19.8. The van der Waals surface area contributed by atoms with E-state index in [1.54, 1.807) is 24.1 Å². The highest BCUT2D eigenvalue weighted by atomic mass is 35.5. The normalized spacial score (nSPS) is 11.7. The Hall–Kier alpha value is -2.04. The molecule has 1 N–H and O–H groups in total. The van der Waals surface area contributed by atoms with Gasteiger partial charge in [0, 0.05) is 30.1 Å². The molecule has 2 aromatic carbocycles. The number of carbonyl (C=O) groups excluding carboxylic acids is 2. The maximum absolute atomic E-state index is 13.0. The smallest absolute Gasteiger partial charge is 0.242 e. The number of benzene rings is 2. The fourth-order valence-electron chi connectivity index (χ4n) is 2.96. The second-order valence-corrected chi connectivity index (χ2v) is 7.12. The summed E-state index contributed by atoms with van der Waals surface area (Å²) in [7, 11) is 1.58. The van der Waals surface area contributed by atoms with Gasteiger partial charge in [-0.05, 0) is 42.2 Å². The number of amides is 2. The van der Waals surface area contributed by atoms with Crippen LogP contribution in [-0.2, 0) is 22.6 Å². The molecule has 0 fully saturated rings. The second-order valence-electron chi connectivity index (χ2n) is 6.28. The van der Waals surface area contributed by atoms with Gasteiger partial charge >= 0.3 is 0 Å². The number of nitrogens with zero attached hydrogens (tertiary/aromatic N) is 1. The summed E-state index contributed by atoms with van der Waals surface area (Å²) in [6.45, 7) is 2.25. The number of halogens is 2. The Balaban J connectivity index is 2.19. The summed E-state index contributed by atoms with van der Waals surface area (Å²) in [5, 5.41) is 3.93. The van der Waals surface area contributed by atoms with E-state index in [1.807, 2.05) is 43.3 Å². The zero-order valence-electron chi connectivity index (χ0n) is 15.5. The molecule has 4 nitrogen and oxygen atoms in total. The lowest BCUT2D eigenvalue weighted by atomic mass is 10.1. The number of aryl methyl sites for hydroxylation is 1. The predicted molar refractivity (Wildman–Crippen MR) is 110 cm³/mol. The highest BCUT2D eigenvalue weighted by molar-refractivity contribution is 6.31. The standard InChI is InChI=1S/C21H24Cl2N2O2/c1-3-19(21(27)24-2)25(14-15-8-11-17(22)12-9-15)20(26)13-10-16-6-4-5-7-18(16)23/h4-9,11-12,19H,3,10,13-14H2,1-2H3,(H,24,27)/t19-/m0/s1. The van der Waals surface area contributed by atoms with Gasteiger partial charge in [-0.25, -0.2) is 0 Å². The Labute approximate surface area is 170 Å². The molecule has 0 bridgehead atoms. The molecule has 0 heterocycles. The van der Waals surface area contributed by atoms with Gasteiger partial charge in [-0.15, -0.1) is 0 Å². The van der Waals surface area contributed by atoms with E-state index < -0.39 is 6.04 Å². The minimum Gasteiger partial charge on any atom is -0.357 e. The van der Waals surface area contributed by atoms with E-state index in [1.165, 1.54) is 0 Å². The van der Waals surface area contributed by atoms with Crippen molar-refractivity contribution in [2.24, 2.45) is 0 Å². The van der Waals surface area contributed by atoms with Crippen LogP contribution in [0.3, 0.4) is 0 Å². The molecule has 0 aromatic heterocycles. The molecule has 0 unspecified atom stereocenters. The van der Waals surface area contributed by atoms with Gasteiger partial charge in [0.25, 0.3) is 0 Å². The van der Waals surface area contributed by atoms with Crippen molar-refractivity contribution >= 4 is 35.0 Å². The first-order valence-electron chi connectivity index (χ1n) is 8.95. The molecule has 0 radical (unpaired) electrons. The number of hydrogen-bond acceptors (Lipinski definition) is 2. The third-order valence-electron chi connectivity index (χ3n) is 4.46. The number of carbonyl (C=O) groups is 2. The summed E-state index contributed by atoms with van der Waals surface area (Å²) in [6, 6.07) is 14.3. The quantitative estimate of drug-likeness (QED) is 0.702. The average Bonchev–Trinajstić information content (AvgIpc) is 2.68. The van der Waals surface area contributed by atoms with Crippen molar-refractivity contribution < 1.29 is 9.59 Å².